The van der Waals surface area contributed by atoms with E-state index < -0.39 is 5.97 Å². The van der Waals surface area contributed by atoms with E-state index in [-0.39, 0.29) is 11.9 Å². The van der Waals surface area contributed by atoms with Crippen LogP contribution in [0.5, 0.6) is 23.0 Å². The van der Waals surface area contributed by atoms with Gasteiger partial charge in [0.1, 0.15) is 11.5 Å². The molecule has 0 radical (unpaired) electrons. The van der Waals surface area contributed by atoms with Gasteiger partial charge in [-0.15, -0.1) is 0 Å². The van der Waals surface area contributed by atoms with Crippen molar-refractivity contribution in [2.75, 3.05) is 27.9 Å². The van der Waals surface area contributed by atoms with Gasteiger partial charge in [-0.1, -0.05) is 18.2 Å². The zero-order valence-electron chi connectivity index (χ0n) is 20.6. The first-order valence-corrected chi connectivity index (χ1v) is 11.4. The third-order valence-corrected chi connectivity index (χ3v) is 6.33. The van der Waals surface area contributed by atoms with E-state index in [9.17, 15) is 9.59 Å². The van der Waals surface area contributed by atoms with E-state index in [1.807, 2.05) is 41.3 Å². The number of nitrogens with zero attached hydrogens (tertiary/aromatic N) is 1. The van der Waals surface area contributed by atoms with Crippen molar-refractivity contribution in [1.82, 2.24) is 4.90 Å². The molecule has 0 unspecified atom stereocenters. The molecule has 7 nitrogen and oxygen atoms in total. The number of methoxy groups -OCH3 is 3. The molecule has 4 rings (SSSR count). The number of ether oxygens (including phenoxy) is 4. The Labute approximate surface area is 205 Å². The van der Waals surface area contributed by atoms with Gasteiger partial charge in [0.15, 0.2) is 11.5 Å². The largest absolute Gasteiger partial charge is 0.497 e. The van der Waals surface area contributed by atoms with Crippen LogP contribution >= 0.6 is 0 Å². The fourth-order valence-corrected chi connectivity index (χ4v) is 4.58. The van der Waals surface area contributed by atoms with Crippen molar-refractivity contribution in [3.63, 3.8) is 0 Å². The van der Waals surface area contributed by atoms with Crippen molar-refractivity contribution in [1.29, 1.82) is 0 Å². The summed E-state index contributed by atoms with van der Waals surface area (Å²) in [5.74, 6) is 1.81. The van der Waals surface area contributed by atoms with Gasteiger partial charge in [0.25, 0.3) is 5.91 Å². The van der Waals surface area contributed by atoms with Crippen LogP contribution in [0.4, 0.5) is 0 Å². The molecule has 0 aromatic heterocycles. The lowest BCUT2D eigenvalue weighted by molar-refractivity contribution is -0.131. The Morgan fingerprint density at radius 3 is 2.20 bits per heavy atom. The fourth-order valence-electron chi connectivity index (χ4n) is 4.58. The minimum Gasteiger partial charge on any atom is -0.497 e. The zero-order valence-corrected chi connectivity index (χ0v) is 20.6. The first kappa shape index (κ1) is 24.1. The monoisotopic (exact) mass is 475 g/mol. The number of hydrogen-bond donors (Lipinski definition) is 0. The molecule has 0 saturated carbocycles. The molecule has 182 valence electrons. The summed E-state index contributed by atoms with van der Waals surface area (Å²) >= 11 is 0. The number of hydrogen-bond acceptors (Lipinski definition) is 6. The molecule has 7 heteroatoms. The maximum Gasteiger partial charge on any atom is 0.308 e. The van der Waals surface area contributed by atoms with Crippen LogP contribution in [0.25, 0.3) is 0 Å². The quantitative estimate of drug-likeness (QED) is 0.379. The van der Waals surface area contributed by atoms with Crippen molar-refractivity contribution in [3.8, 4) is 23.0 Å². The molecule has 0 spiro atoms. The third kappa shape index (κ3) is 4.67. The van der Waals surface area contributed by atoms with Crippen LogP contribution in [0.15, 0.2) is 54.6 Å². The van der Waals surface area contributed by atoms with Crippen LogP contribution in [0.3, 0.4) is 0 Å². The topological polar surface area (TPSA) is 74.3 Å². The van der Waals surface area contributed by atoms with Crippen molar-refractivity contribution in [2.24, 2.45) is 0 Å². The molecular weight excluding hydrogens is 446 g/mol. The molecule has 3 aromatic rings. The Hall–Kier alpha value is -4.00. The van der Waals surface area contributed by atoms with Gasteiger partial charge < -0.3 is 23.8 Å². The third-order valence-electron chi connectivity index (χ3n) is 6.33. The number of benzene rings is 3. The van der Waals surface area contributed by atoms with Gasteiger partial charge in [-0.05, 0) is 66.4 Å². The number of amides is 1. The van der Waals surface area contributed by atoms with Gasteiger partial charge >= 0.3 is 5.97 Å². The van der Waals surface area contributed by atoms with E-state index in [1.165, 1.54) is 6.92 Å². The Morgan fingerprint density at radius 1 is 0.886 bits per heavy atom. The molecule has 0 bridgehead atoms. The Bertz CT molecular complexity index is 1250. The highest BCUT2D eigenvalue weighted by molar-refractivity contribution is 5.97. The number of carbonyl (C=O) groups excluding carboxylic acids is 2. The van der Waals surface area contributed by atoms with E-state index in [1.54, 1.807) is 46.5 Å². The molecule has 3 aromatic carbocycles. The first-order valence-electron chi connectivity index (χ1n) is 11.4. The van der Waals surface area contributed by atoms with E-state index in [0.29, 0.717) is 41.3 Å². The van der Waals surface area contributed by atoms with Gasteiger partial charge in [-0.2, -0.15) is 0 Å². The molecular formula is C28H29NO6. The zero-order chi connectivity index (χ0) is 25.1. The summed E-state index contributed by atoms with van der Waals surface area (Å²) in [7, 11) is 4.84. The fraction of sp³-hybridized carbons (Fsp3) is 0.286. The lowest BCUT2D eigenvalue weighted by Gasteiger charge is -2.38. The summed E-state index contributed by atoms with van der Waals surface area (Å²) in [6, 6.07) is 16.5. The first-order chi connectivity index (χ1) is 16.9. The maximum absolute atomic E-state index is 14.0. The second-order valence-electron chi connectivity index (χ2n) is 8.35. The molecule has 1 atom stereocenters. The number of rotatable bonds is 6. The molecule has 0 aliphatic carbocycles. The van der Waals surface area contributed by atoms with Crippen LogP contribution in [-0.4, -0.2) is 44.7 Å². The highest BCUT2D eigenvalue weighted by atomic mass is 16.5. The summed E-state index contributed by atoms with van der Waals surface area (Å²) in [5.41, 5.74) is 4.13. The van der Waals surface area contributed by atoms with E-state index >= 15 is 0 Å². The second kappa shape index (κ2) is 10.1. The van der Waals surface area contributed by atoms with Crippen LogP contribution < -0.4 is 18.9 Å². The maximum atomic E-state index is 14.0. The van der Waals surface area contributed by atoms with E-state index in [2.05, 4.69) is 0 Å². The van der Waals surface area contributed by atoms with Gasteiger partial charge in [0.05, 0.1) is 27.4 Å². The van der Waals surface area contributed by atoms with E-state index in [4.69, 9.17) is 18.9 Å². The Morgan fingerprint density at radius 2 is 1.57 bits per heavy atom. The number of carbonyl (C=O) groups is 2. The molecule has 0 fully saturated rings. The van der Waals surface area contributed by atoms with Crippen LogP contribution in [0, 0.1) is 6.92 Å². The number of fused-ring (bicyclic) bond motifs is 1. The molecule has 35 heavy (non-hydrogen) atoms. The molecule has 1 aliphatic heterocycles. The molecule has 0 N–H and O–H groups in total. The smallest absolute Gasteiger partial charge is 0.308 e. The highest BCUT2D eigenvalue weighted by Gasteiger charge is 2.34. The van der Waals surface area contributed by atoms with Gasteiger partial charge in [0.2, 0.25) is 0 Å². The predicted molar refractivity (Wildman–Crippen MR) is 132 cm³/mol. The molecule has 1 aliphatic rings. The molecule has 0 saturated heterocycles. The van der Waals surface area contributed by atoms with Crippen molar-refractivity contribution >= 4 is 11.9 Å². The summed E-state index contributed by atoms with van der Waals surface area (Å²) < 4.78 is 21.7. The van der Waals surface area contributed by atoms with Crippen LogP contribution in [-0.2, 0) is 11.2 Å². The lowest BCUT2D eigenvalue weighted by Crippen LogP contribution is -2.41. The average molecular weight is 476 g/mol. The van der Waals surface area contributed by atoms with Crippen molar-refractivity contribution in [3.05, 3.63) is 82.4 Å². The summed E-state index contributed by atoms with van der Waals surface area (Å²) in [6.07, 6.45) is 0.663. The minimum absolute atomic E-state index is 0.141. The standard InChI is InChI=1S/C28H29NO6/c1-17-22(7-6-8-24(17)35-18(2)30)28(31)29-14-13-20-15-25(33-4)26(34-5)16-23(20)27(29)19-9-11-21(32-3)12-10-19/h6-12,15-16,27H,13-14H2,1-5H3/t27-/m0/s1. The Balaban J connectivity index is 1.83. The van der Waals surface area contributed by atoms with Crippen LogP contribution in [0.2, 0.25) is 0 Å². The van der Waals surface area contributed by atoms with Crippen LogP contribution in [0.1, 0.15) is 45.6 Å². The lowest BCUT2D eigenvalue weighted by atomic mass is 9.87. The van der Waals surface area contributed by atoms with Crippen molar-refractivity contribution < 1.29 is 28.5 Å². The summed E-state index contributed by atoms with van der Waals surface area (Å²) in [4.78, 5) is 27.4. The normalized spacial score (nSPS) is 14.7. The number of esters is 1. The Kier molecular flexibility index (Phi) is 6.96. The van der Waals surface area contributed by atoms with Gasteiger partial charge in [-0.25, -0.2) is 0 Å². The second-order valence-corrected chi connectivity index (χ2v) is 8.35. The minimum atomic E-state index is -0.429. The van der Waals surface area contributed by atoms with Gasteiger partial charge in [0, 0.05) is 24.6 Å². The predicted octanol–water partition coefficient (Wildman–Crippen LogP) is 4.73. The highest BCUT2D eigenvalue weighted by Crippen LogP contribution is 2.42. The molecule has 1 heterocycles. The summed E-state index contributed by atoms with van der Waals surface area (Å²) in [5, 5.41) is 0. The average Bonchev–Trinajstić information content (AvgIpc) is 2.87. The summed E-state index contributed by atoms with van der Waals surface area (Å²) in [6.45, 7) is 3.64. The SMILES string of the molecule is COc1ccc([C@H]2c3cc(OC)c(OC)cc3CCN2C(=O)c2cccc(OC(C)=O)c2C)cc1. The van der Waals surface area contributed by atoms with E-state index in [0.717, 1.165) is 22.4 Å². The molecule has 1 amide bonds. The van der Waals surface area contributed by atoms with Crippen molar-refractivity contribution in [2.45, 2.75) is 26.3 Å². The van der Waals surface area contributed by atoms with Gasteiger partial charge in [-0.3, -0.25) is 9.59 Å².